The van der Waals surface area contributed by atoms with E-state index in [4.69, 9.17) is 0 Å². The van der Waals surface area contributed by atoms with E-state index in [0.29, 0.717) is 0 Å². The third-order valence-corrected chi connectivity index (χ3v) is 3.82. The molecule has 0 aromatic heterocycles. The predicted octanol–water partition coefficient (Wildman–Crippen LogP) is 5.98. The quantitative estimate of drug-likeness (QED) is 0.620. The van der Waals surface area contributed by atoms with Crippen molar-refractivity contribution in [3.63, 3.8) is 0 Å². The van der Waals surface area contributed by atoms with Crippen molar-refractivity contribution in [3.8, 4) is 0 Å². The Balaban J connectivity index is 0.000000273. The van der Waals surface area contributed by atoms with Crippen molar-refractivity contribution in [2.24, 2.45) is 5.92 Å². The van der Waals surface area contributed by atoms with Crippen molar-refractivity contribution in [2.45, 2.75) is 72.6 Å². The fourth-order valence-corrected chi connectivity index (χ4v) is 2.38. The zero-order chi connectivity index (χ0) is 15.8. The third kappa shape index (κ3) is 13.9. The van der Waals surface area contributed by atoms with Gasteiger partial charge in [0, 0.05) is 0 Å². The van der Waals surface area contributed by atoms with Crippen LogP contribution in [0.25, 0.3) is 0 Å². The highest BCUT2D eigenvalue weighted by Crippen LogP contribution is 2.15. The van der Waals surface area contributed by atoms with E-state index in [1.165, 1.54) is 63.6 Å². The summed E-state index contributed by atoms with van der Waals surface area (Å²) < 4.78 is 0. The summed E-state index contributed by atoms with van der Waals surface area (Å²) in [6, 6.07) is 10.3. The van der Waals surface area contributed by atoms with Crippen LogP contribution in [0.3, 0.4) is 0 Å². The molecule has 1 heterocycles. The van der Waals surface area contributed by atoms with E-state index >= 15 is 0 Å². The van der Waals surface area contributed by atoms with Crippen LogP contribution in [0.15, 0.2) is 30.3 Å². The normalized spacial score (nSPS) is 17.3. The molecule has 1 aromatic rings. The molecule has 0 spiro atoms. The molecule has 1 saturated heterocycles. The molecule has 0 radical (unpaired) electrons. The first-order valence-corrected chi connectivity index (χ1v) is 9.01. The van der Waals surface area contributed by atoms with Gasteiger partial charge < -0.3 is 5.32 Å². The van der Waals surface area contributed by atoms with Crippen molar-refractivity contribution in [3.05, 3.63) is 35.9 Å². The second-order valence-corrected chi connectivity index (χ2v) is 5.85. The van der Waals surface area contributed by atoms with Gasteiger partial charge in [-0.1, -0.05) is 88.8 Å². The first kappa shape index (κ1) is 20.2. The van der Waals surface area contributed by atoms with Gasteiger partial charge >= 0.3 is 0 Å². The molecule has 0 bridgehead atoms. The minimum atomic E-state index is 0.973. The highest BCUT2D eigenvalue weighted by Gasteiger charge is 2.05. The Morgan fingerprint density at radius 2 is 1.24 bits per heavy atom. The van der Waals surface area contributed by atoms with Crippen molar-refractivity contribution < 1.29 is 0 Å². The Morgan fingerprint density at radius 1 is 0.810 bits per heavy atom. The maximum Gasteiger partial charge on any atom is -0.00464 e. The minimum Gasteiger partial charge on any atom is -0.317 e. The second-order valence-electron chi connectivity index (χ2n) is 5.85. The summed E-state index contributed by atoms with van der Waals surface area (Å²) in [5.41, 5.74) is 1.32. The van der Waals surface area contributed by atoms with E-state index < -0.39 is 0 Å². The summed E-state index contributed by atoms with van der Waals surface area (Å²) in [6.45, 7) is 10.9. The topological polar surface area (TPSA) is 12.0 Å². The number of aryl methyl sites for hydroxylation is 1. The van der Waals surface area contributed by atoms with Gasteiger partial charge in [-0.15, -0.1) is 0 Å². The van der Waals surface area contributed by atoms with Crippen LogP contribution in [0.2, 0.25) is 0 Å². The fraction of sp³-hybridized carbons (Fsp3) is 0.700. The van der Waals surface area contributed by atoms with E-state index in [9.17, 15) is 0 Å². The van der Waals surface area contributed by atoms with Crippen molar-refractivity contribution in [1.29, 1.82) is 0 Å². The van der Waals surface area contributed by atoms with Gasteiger partial charge in [0.15, 0.2) is 0 Å². The summed E-state index contributed by atoms with van der Waals surface area (Å²) in [4.78, 5) is 0. The van der Waals surface area contributed by atoms with Crippen LogP contribution in [0.1, 0.15) is 71.3 Å². The van der Waals surface area contributed by atoms with E-state index in [0.717, 1.165) is 5.92 Å². The van der Waals surface area contributed by atoms with Gasteiger partial charge in [-0.2, -0.15) is 0 Å². The molecular formula is C20H37N. The lowest BCUT2D eigenvalue weighted by Crippen LogP contribution is -2.26. The van der Waals surface area contributed by atoms with Crippen LogP contribution < -0.4 is 5.32 Å². The van der Waals surface area contributed by atoms with Crippen molar-refractivity contribution >= 4 is 0 Å². The van der Waals surface area contributed by atoms with Crippen molar-refractivity contribution in [2.75, 3.05) is 13.1 Å². The maximum atomic E-state index is 3.32. The second kappa shape index (κ2) is 15.6. The Morgan fingerprint density at radius 3 is 1.48 bits per heavy atom. The molecule has 21 heavy (non-hydrogen) atoms. The molecule has 1 aliphatic heterocycles. The Kier molecular flexibility index (Phi) is 15.0. The third-order valence-electron chi connectivity index (χ3n) is 3.82. The fourth-order valence-electron chi connectivity index (χ4n) is 2.38. The molecule has 2 fully saturated rings. The summed E-state index contributed by atoms with van der Waals surface area (Å²) in [6.07, 6.45) is 10.2. The molecule has 0 unspecified atom stereocenters. The SMILES string of the molecule is C1CCCC1.CC.CC1CCNCC1.Cc1ccccc1. The first-order chi connectivity index (χ1) is 10.3. The van der Waals surface area contributed by atoms with Gasteiger partial charge in [0.25, 0.3) is 0 Å². The van der Waals surface area contributed by atoms with Gasteiger partial charge in [0.2, 0.25) is 0 Å². The lowest BCUT2D eigenvalue weighted by molar-refractivity contribution is 0.402. The smallest absolute Gasteiger partial charge is 0.00464 e. The van der Waals surface area contributed by atoms with E-state index in [2.05, 4.69) is 31.3 Å². The van der Waals surface area contributed by atoms with Crippen LogP contribution in [0.5, 0.6) is 0 Å². The Hall–Kier alpha value is -0.820. The maximum absolute atomic E-state index is 3.32. The summed E-state index contributed by atoms with van der Waals surface area (Å²) in [7, 11) is 0. The number of hydrogen-bond donors (Lipinski definition) is 1. The molecule has 1 saturated carbocycles. The van der Waals surface area contributed by atoms with Gasteiger partial charge in [-0.25, -0.2) is 0 Å². The molecule has 1 N–H and O–H groups in total. The van der Waals surface area contributed by atoms with E-state index in [1.807, 2.05) is 32.0 Å². The number of hydrogen-bond acceptors (Lipinski definition) is 1. The molecule has 1 aliphatic carbocycles. The van der Waals surface area contributed by atoms with Crippen LogP contribution in [0, 0.1) is 12.8 Å². The average Bonchev–Trinajstić information content (AvgIpc) is 3.11. The van der Waals surface area contributed by atoms with Crippen LogP contribution >= 0.6 is 0 Å². The minimum absolute atomic E-state index is 0.973. The zero-order valence-corrected chi connectivity index (χ0v) is 14.8. The Bertz CT molecular complexity index is 276. The van der Waals surface area contributed by atoms with Gasteiger partial charge in [-0.05, 0) is 38.8 Å². The summed E-state index contributed by atoms with van der Waals surface area (Å²) >= 11 is 0. The molecular weight excluding hydrogens is 254 g/mol. The van der Waals surface area contributed by atoms with E-state index in [-0.39, 0.29) is 0 Å². The summed E-state index contributed by atoms with van der Waals surface area (Å²) in [5.74, 6) is 0.973. The van der Waals surface area contributed by atoms with Crippen molar-refractivity contribution in [1.82, 2.24) is 5.32 Å². The molecule has 1 heteroatoms. The molecule has 0 atom stereocenters. The molecule has 122 valence electrons. The van der Waals surface area contributed by atoms with Crippen LogP contribution in [0.4, 0.5) is 0 Å². The first-order valence-electron chi connectivity index (χ1n) is 9.01. The number of nitrogens with one attached hydrogen (secondary N) is 1. The highest BCUT2D eigenvalue weighted by molar-refractivity contribution is 5.11. The highest BCUT2D eigenvalue weighted by atomic mass is 14.9. The number of piperidine rings is 1. The molecule has 2 aliphatic rings. The van der Waals surface area contributed by atoms with Gasteiger partial charge in [-0.3, -0.25) is 0 Å². The zero-order valence-electron chi connectivity index (χ0n) is 14.8. The Labute approximate surface area is 133 Å². The average molecular weight is 292 g/mol. The molecule has 1 aromatic carbocycles. The predicted molar refractivity (Wildman–Crippen MR) is 96.9 cm³/mol. The molecule has 3 rings (SSSR count). The lowest BCUT2D eigenvalue weighted by atomic mass is 10.0. The molecule has 1 nitrogen and oxygen atoms in total. The van der Waals surface area contributed by atoms with Gasteiger partial charge in [0.1, 0.15) is 0 Å². The lowest BCUT2D eigenvalue weighted by Gasteiger charge is -2.17. The van der Waals surface area contributed by atoms with Crippen LogP contribution in [-0.4, -0.2) is 13.1 Å². The standard InChI is InChI=1S/C7H8.C6H13N.C5H10.C2H6/c1-7-5-3-2-4-6-7;1-6-2-4-7-5-3-6;1-2-4-5-3-1;1-2/h2-6H,1H3;6-7H,2-5H2,1H3;1-5H2;1-2H3. The summed E-state index contributed by atoms with van der Waals surface area (Å²) in [5, 5.41) is 3.32. The van der Waals surface area contributed by atoms with E-state index in [1.54, 1.807) is 0 Å². The van der Waals surface area contributed by atoms with Gasteiger partial charge in [0.05, 0.1) is 0 Å². The monoisotopic (exact) mass is 291 g/mol. The number of benzene rings is 1. The number of rotatable bonds is 0. The largest absolute Gasteiger partial charge is 0.317 e. The van der Waals surface area contributed by atoms with Crippen LogP contribution in [-0.2, 0) is 0 Å². The molecule has 0 amide bonds.